The van der Waals surface area contributed by atoms with E-state index in [2.05, 4.69) is 21.7 Å². The first-order valence-electron chi connectivity index (χ1n) is 3.30. The van der Waals surface area contributed by atoms with Crippen LogP contribution in [0.2, 0.25) is 0 Å². The van der Waals surface area contributed by atoms with Gasteiger partial charge >= 0.3 is 0 Å². The zero-order valence-corrected chi connectivity index (χ0v) is 5.52. The van der Waals surface area contributed by atoms with Crippen molar-refractivity contribution in [3.63, 3.8) is 0 Å². The molecule has 0 atom stereocenters. The number of rotatable bonds is 0. The van der Waals surface area contributed by atoms with E-state index in [1.54, 1.807) is 6.20 Å². The standard InChI is InChI=1S/C7H8N3/c1-2-6-7(9-3-1)10-5-4-8-6/h2-3,8H,4-5H2,(H,9,10). The van der Waals surface area contributed by atoms with Crippen molar-refractivity contribution < 1.29 is 0 Å². The SMILES string of the molecule is [c]1cnc2c(c1)NCCN2. The summed E-state index contributed by atoms with van der Waals surface area (Å²) in [6.45, 7) is 1.91. The van der Waals surface area contributed by atoms with Crippen LogP contribution in [0.5, 0.6) is 0 Å². The molecule has 2 N–H and O–H groups in total. The monoisotopic (exact) mass is 134 g/mol. The molecule has 1 aliphatic heterocycles. The van der Waals surface area contributed by atoms with Crippen molar-refractivity contribution in [1.82, 2.24) is 4.98 Å². The molecular formula is C7H8N3. The number of anilines is 2. The lowest BCUT2D eigenvalue weighted by atomic mass is 10.3. The number of nitrogens with zero attached hydrogens (tertiary/aromatic N) is 1. The Kier molecular flexibility index (Phi) is 1.20. The van der Waals surface area contributed by atoms with Crippen LogP contribution in [0.1, 0.15) is 0 Å². The summed E-state index contributed by atoms with van der Waals surface area (Å²) in [5.74, 6) is 0.935. The molecule has 0 aromatic carbocycles. The summed E-state index contributed by atoms with van der Waals surface area (Å²) >= 11 is 0. The third kappa shape index (κ3) is 0.795. The molecule has 1 aromatic rings. The summed E-state index contributed by atoms with van der Waals surface area (Å²) < 4.78 is 0. The van der Waals surface area contributed by atoms with Crippen molar-refractivity contribution in [2.75, 3.05) is 23.7 Å². The average molecular weight is 134 g/mol. The Morgan fingerprint density at radius 2 is 2.30 bits per heavy atom. The number of pyridine rings is 1. The number of nitrogens with one attached hydrogen (secondary N) is 2. The van der Waals surface area contributed by atoms with E-state index >= 15 is 0 Å². The summed E-state index contributed by atoms with van der Waals surface area (Å²) in [7, 11) is 0. The van der Waals surface area contributed by atoms with Gasteiger partial charge in [-0.1, -0.05) is 0 Å². The Balaban J connectivity index is 2.41. The molecule has 2 heterocycles. The van der Waals surface area contributed by atoms with Gasteiger partial charge in [0.05, 0.1) is 5.69 Å². The molecule has 3 heteroatoms. The fraction of sp³-hybridized carbons (Fsp3) is 0.286. The van der Waals surface area contributed by atoms with Gasteiger partial charge in [0.2, 0.25) is 0 Å². The molecule has 0 fully saturated rings. The molecule has 0 amide bonds. The third-order valence-corrected chi connectivity index (χ3v) is 1.48. The minimum Gasteiger partial charge on any atom is -0.380 e. The minimum atomic E-state index is 0.935. The lowest BCUT2D eigenvalue weighted by molar-refractivity contribution is 1.02. The van der Waals surface area contributed by atoms with E-state index in [-0.39, 0.29) is 0 Å². The molecule has 0 spiro atoms. The molecule has 0 aliphatic carbocycles. The molecule has 3 nitrogen and oxygen atoms in total. The van der Waals surface area contributed by atoms with Crippen LogP contribution in [0.4, 0.5) is 11.5 Å². The Hall–Kier alpha value is -1.25. The van der Waals surface area contributed by atoms with Crippen LogP contribution in [0.25, 0.3) is 0 Å². The van der Waals surface area contributed by atoms with Crippen molar-refractivity contribution in [3.05, 3.63) is 18.3 Å². The number of fused-ring (bicyclic) bond motifs is 1. The molecule has 0 bridgehead atoms. The van der Waals surface area contributed by atoms with E-state index in [1.165, 1.54) is 0 Å². The topological polar surface area (TPSA) is 37.0 Å². The maximum absolute atomic E-state index is 4.09. The third-order valence-electron chi connectivity index (χ3n) is 1.48. The molecular weight excluding hydrogens is 126 g/mol. The predicted molar refractivity (Wildman–Crippen MR) is 40.1 cm³/mol. The van der Waals surface area contributed by atoms with Gasteiger partial charge in [-0.2, -0.15) is 0 Å². The van der Waals surface area contributed by atoms with Gasteiger partial charge in [0.1, 0.15) is 5.82 Å². The Bertz CT molecular complexity index is 209. The van der Waals surface area contributed by atoms with E-state index < -0.39 is 0 Å². The maximum atomic E-state index is 4.09. The van der Waals surface area contributed by atoms with Crippen molar-refractivity contribution in [3.8, 4) is 0 Å². The van der Waals surface area contributed by atoms with E-state index in [0.29, 0.717) is 0 Å². The van der Waals surface area contributed by atoms with Gasteiger partial charge in [-0.15, -0.1) is 0 Å². The molecule has 0 saturated heterocycles. The quantitative estimate of drug-likeness (QED) is 0.549. The van der Waals surface area contributed by atoms with Crippen molar-refractivity contribution in [2.24, 2.45) is 0 Å². The van der Waals surface area contributed by atoms with Crippen LogP contribution < -0.4 is 10.6 Å². The normalized spacial score (nSPS) is 14.8. The van der Waals surface area contributed by atoms with E-state index in [0.717, 1.165) is 24.6 Å². The van der Waals surface area contributed by atoms with Crippen molar-refractivity contribution >= 4 is 11.5 Å². The van der Waals surface area contributed by atoms with Gasteiger partial charge < -0.3 is 10.6 Å². The average Bonchev–Trinajstić information content (AvgIpc) is 2.05. The van der Waals surface area contributed by atoms with Gasteiger partial charge in [0.15, 0.2) is 0 Å². The summed E-state index contributed by atoms with van der Waals surface area (Å²) in [4.78, 5) is 4.09. The Morgan fingerprint density at radius 1 is 1.40 bits per heavy atom. The van der Waals surface area contributed by atoms with E-state index in [1.807, 2.05) is 6.07 Å². The second-order valence-electron chi connectivity index (χ2n) is 2.19. The van der Waals surface area contributed by atoms with Crippen LogP contribution >= 0.6 is 0 Å². The zero-order chi connectivity index (χ0) is 6.81. The summed E-state index contributed by atoms with van der Waals surface area (Å²) in [6, 6.07) is 4.80. The van der Waals surface area contributed by atoms with Crippen LogP contribution in [-0.2, 0) is 0 Å². The van der Waals surface area contributed by atoms with Gasteiger partial charge in [-0.25, -0.2) is 4.98 Å². The summed E-state index contributed by atoms with van der Waals surface area (Å²) in [6.07, 6.45) is 1.67. The van der Waals surface area contributed by atoms with Crippen LogP contribution in [-0.4, -0.2) is 18.1 Å². The number of hydrogen-bond donors (Lipinski definition) is 2. The first kappa shape index (κ1) is 5.53. The van der Waals surface area contributed by atoms with Crippen molar-refractivity contribution in [2.45, 2.75) is 0 Å². The van der Waals surface area contributed by atoms with E-state index in [9.17, 15) is 0 Å². The zero-order valence-electron chi connectivity index (χ0n) is 5.52. The molecule has 1 aliphatic rings. The molecule has 51 valence electrons. The van der Waals surface area contributed by atoms with Gasteiger partial charge in [-0.05, 0) is 6.07 Å². The molecule has 1 aromatic heterocycles. The Labute approximate surface area is 59.5 Å². The molecule has 0 unspecified atom stereocenters. The lowest BCUT2D eigenvalue weighted by Gasteiger charge is -2.17. The lowest BCUT2D eigenvalue weighted by Crippen LogP contribution is -2.21. The minimum absolute atomic E-state index is 0.935. The smallest absolute Gasteiger partial charge is 0.149 e. The Morgan fingerprint density at radius 3 is 3.20 bits per heavy atom. The van der Waals surface area contributed by atoms with Crippen LogP contribution in [0.3, 0.4) is 0 Å². The second kappa shape index (κ2) is 2.17. The maximum Gasteiger partial charge on any atom is 0.149 e. The van der Waals surface area contributed by atoms with Crippen LogP contribution in [0, 0.1) is 6.07 Å². The molecule has 10 heavy (non-hydrogen) atoms. The highest BCUT2D eigenvalue weighted by molar-refractivity contribution is 5.65. The fourth-order valence-corrected chi connectivity index (χ4v) is 1.01. The largest absolute Gasteiger partial charge is 0.380 e. The molecule has 0 saturated carbocycles. The summed E-state index contributed by atoms with van der Waals surface area (Å²) in [5, 5.41) is 6.38. The van der Waals surface area contributed by atoms with E-state index in [4.69, 9.17) is 0 Å². The van der Waals surface area contributed by atoms with Gasteiger partial charge in [-0.3, -0.25) is 0 Å². The predicted octanol–water partition coefficient (Wildman–Crippen LogP) is 0.719. The highest BCUT2D eigenvalue weighted by Gasteiger charge is 2.05. The van der Waals surface area contributed by atoms with Crippen LogP contribution in [0.15, 0.2) is 12.3 Å². The highest BCUT2D eigenvalue weighted by atomic mass is 15.1. The second-order valence-corrected chi connectivity index (χ2v) is 2.19. The number of hydrogen-bond acceptors (Lipinski definition) is 3. The first-order chi connectivity index (χ1) is 4.97. The van der Waals surface area contributed by atoms with Gasteiger partial charge in [0, 0.05) is 25.4 Å². The van der Waals surface area contributed by atoms with Crippen molar-refractivity contribution in [1.29, 1.82) is 0 Å². The fourth-order valence-electron chi connectivity index (χ4n) is 1.01. The highest BCUT2D eigenvalue weighted by Crippen LogP contribution is 2.18. The van der Waals surface area contributed by atoms with Gasteiger partial charge in [0.25, 0.3) is 0 Å². The number of aromatic nitrogens is 1. The first-order valence-corrected chi connectivity index (χ1v) is 3.30. The molecule has 1 radical (unpaired) electrons. The molecule has 2 rings (SSSR count). The summed E-state index contributed by atoms with van der Waals surface area (Å²) in [5.41, 5.74) is 1.05.